The van der Waals surface area contributed by atoms with E-state index in [1.165, 1.54) is 0 Å². The molecule has 0 spiro atoms. The summed E-state index contributed by atoms with van der Waals surface area (Å²) in [7, 11) is 0. The summed E-state index contributed by atoms with van der Waals surface area (Å²) in [6.07, 6.45) is 1.69. The maximum absolute atomic E-state index is 12.3. The number of benzene rings is 1. The monoisotopic (exact) mass is 342 g/mol. The van der Waals surface area contributed by atoms with Crippen LogP contribution in [0.1, 0.15) is 38.7 Å². The van der Waals surface area contributed by atoms with Gasteiger partial charge in [0.15, 0.2) is 5.41 Å². The molecule has 1 atom stereocenters. The number of carboxylic acid groups (broad SMARTS) is 1. The number of halogens is 1. The van der Waals surface area contributed by atoms with Crippen molar-refractivity contribution in [2.45, 2.75) is 38.5 Å². The van der Waals surface area contributed by atoms with Crippen molar-refractivity contribution in [2.75, 3.05) is 6.61 Å². The van der Waals surface area contributed by atoms with Crippen LogP contribution in [0.15, 0.2) is 28.7 Å². The summed E-state index contributed by atoms with van der Waals surface area (Å²) in [5.41, 5.74) is -1.16. The van der Waals surface area contributed by atoms with Gasteiger partial charge in [-0.2, -0.15) is 0 Å². The van der Waals surface area contributed by atoms with Gasteiger partial charge in [-0.1, -0.05) is 47.8 Å². The van der Waals surface area contributed by atoms with Crippen LogP contribution in [0.5, 0.6) is 0 Å². The molecule has 0 radical (unpaired) electrons. The number of carbonyl (C=O) groups excluding carboxylic acids is 1. The van der Waals surface area contributed by atoms with Crippen molar-refractivity contribution < 1.29 is 19.4 Å². The van der Waals surface area contributed by atoms with Gasteiger partial charge in [0, 0.05) is 4.47 Å². The van der Waals surface area contributed by atoms with E-state index in [2.05, 4.69) is 15.9 Å². The lowest BCUT2D eigenvalue weighted by Gasteiger charge is -2.27. The SMILES string of the molecule is CCCCC(C(=O)O)(C(=O)OCC)c1ccc(Br)cc1. The number of unbranched alkanes of at least 4 members (excludes halogenated alkanes) is 1. The van der Waals surface area contributed by atoms with Crippen molar-refractivity contribution in [3.63, 3.8) is 0 Å². The molecule has 0 aliphatic rings. The van der Waals surface area contributed by atoms with Gasteiger partial charge >= 0.3 is 11.9 Å². The van der Waals surface area contributed by atoms with Crippen LogP contribution in [0.4, 0.5) is 0 Å². The summed E-state index contributed by atoms with van der Waals surface area (Å²) in [6, 6.07) is 6.78. The maximum Gasteiger partial charge on any atom is 0.328 e. The van der Waals surface area contributed by atoms with Crippen LogP contribution in [0.2, 0.25) is 0 Å². The summed E-state index contributed by atoms with van der Waals surface area (Å²) < 4.78 is 5.85. The second-order valence-corrected chi connectivity index (χ2v) is 5.46. The third-order valence-corrected chi connectivity index (χ3v) is 3.76. The minimum Gasteiger partial charge on any atom is -0.480 e. The molecule has 4 nitrogen and oxygen atoms in total. The van der Waals surface area contributed by atoms with Gasteiger partial charge in [0.25, 0.3) is 0 Å². The second kappa shape index (κ2) is 7.43. The Bertz CT molecular complexity index is 469. The number of carbonyl (C=O) groups is 2. The molecule has 0 saturated carbocycles. The molecule has 0 heterocycles. The number of carboxylic acids is 1. The summed E-state index contributed by atoms with van der Waals surface area (Å²) in [5.74, 6) is -1.85. The van der Waals surface area contributed by atoms with Gasteiger partial charge in [0.2, 0.25) is 0 Å². The van der Waals surface area contributed by atoms with E-state index in [4.69, 9.17) is 4.74 Å². The molecule has 5 heteroatoms. The Hall–Kier alpha value is -1.36. The van der Waals surface area contributed by atoms with Gasteiger partial charge in [0.1, 0.15) is 0 Å². The van der Waals surface area contributed by atoms with Crippen LogP contribution < -0.4 is 0 Å². The van der Waals surface area contributed by atoms with E-state index in [1.807, 2.05) is 6.92 Å². The summed E-state index contributed by atoms with van der Waals surface area (Å²) in [6.45, 7) is 3.79. The van der Waals surface area contributed by atoms with Crippen molar-refractivity contribution in [1.29, 1.82) is 0 Å². The predicted octanol–water partition coefficient (Wildman–Crippen LogP) is 3.52. The maximum atomic E-state index is 12.3. The van der Waals surface area contributed by atoms with Crippen LogP contribution >= 0.6 is 15.9 Å². The number of ether oxygens (including phenoxy) is 1. The quantitative estimate of drug-likeness (QED) is 0.608. The number of hydrogen-bond acceptors (Lipinski definition) is 3. The van der Waals surface area contributed by atoms with Crippen LogP contribution in [-0.2, 0) is 19.7 Å². The van der Waals surface area contributed by atoms with Crippen LogP contribution in [0.3, 0.4) is 0 Å². The molecule has 0 saturated heterocycles. The fraction of sp³-hybridized carbons (Fsp3) is 0.467. The minimum absolute atomic E-state index is 0.163. The fourth-order valence-corrected chi connectivity index (χ4v) is 2.38. The Labute approximate surface area is 127 Å². The number of aliphatic carboxylic acids is 1. The van der Waals surface area contributed by atoms with Gasteiger partial charge in [-0.15, -0.1) is 0 Å². The predicted molar refractivity (Wildman–Crippen MR) is 79.6 cm³/mol. The topological polar surface area (TPSA) is 63.6 Å². The number of hydrogen-bond donors (Lipinski definition) is 1. The van der Waals surface area contributed by atoms with Crippen LogP contribution in [-0.4, -0.2) is 23.7 Å². The summed E-state index contributed by atoms with van der Waals surface area (Å²) in [4.78, 5) is 24.1. The standard InChI is InChI=1S/C15H19BrO4/c1-3-5-10-15(13(17)18,14(19)20-4-2)11-6-8-12(16)9-7-11/h6-9H,3-5,10H2,1-2H3,(H,17,18). The molecule has 20 heavy (non-hydrogen) atoms. The largest absolute Gasteiger partial charge is 0.480 e. The molecular formula is C15H19BrO4. The van der Waals surface area contributed by atoms with Crippen LogP contribution in [0, 0.1) is 0 Å². The highest BCUT2D eigenvalue weighted by Crippen LogP contribution is 2.33. The molecule has 0 fully saturated rings. The normalized spacial score (nSPS) is 13.6. The first-order valence-corrected chi connectivity index (χ1v) is 7.45. The first kappa shape index (κ1) is 16.7. The smallest absolute Gasteiger partial charge is 0.328 e. The highest BCUT2D eigenvalue weighted by molar-refractivity contribution is 9.10. The summed E-state index contributed by atoms with van der Waals surface area (Å²) in [5, 5.41) is 9.66. The highest BCUT2D eigenvalue weighted by Gasteiger charge is 2.48. The Morgan fingerprint density at radius 1 is 1.25 bits per heavy atom. The fourth-order valence-electron chi connectivity index (χ4n) is 2.11. The van der Waals surface area contributed by atoms with Crippen molar-refractivity contribution >= 4 is 27.9 Å². The third kappa shape index (κ3) is 3.39. The first-order chi connectivity index (χ1) is 9.48. The zero-order chi connectivity index (χ0) is 15.2. The summed E-state index contributed by atoms with van der Waals surface area (Å²) >= 11 is 3.31. The molecular weight excluding hydrogens is 324 g/mol. The molecule has 0 aromatic heterocycles. The molecule has 1 aromatic carbocycles. The zero-order valence-corrected chi connectivity index (χ0v) is 13.3. The minimum atomic E-state index is -1.62. The van der Waals surface area contributed by atoms with E-state index in [0.29, 0.717) is 12.0 Å². The first-order valence-electron chi connectivity index (χ1n) is 6.65. The third-order valence-electron chi connectivity index (χ3n) is 3.23. The molecule has 110 valence electrons. The lowest BCUT2D eigenvalue weighted by molar-refractivity contribution is -0.162. The second-order valence-electron chi connectivity index (χ2n) is 4.54. The molecule has 1 unspecified atom stereocenters. The van der Waals surface area contributed by atoms with E-state index in [1.54, 1.807) is 31.2 Å². The lowest BCUT2D eigenvalue weighted by atomic mass is 9.76. The molecule has 1 N–H and O–H groups in total. The van der Waals surface area contributed by atoms with E-state index in [9.17, 15) is 14.7 Å². The Kier molecular flexibility index (Phi) is 6.20. The van der Waals surface area contributed by atoms with Gasteiger partial charge in [-0.3, -0.25) is 9.59 Å². The molecule has 0 bridgehead atoms. The van der Waals surface area contributed by atoms with Gasteiger partial charge in [-0.05, 0) is 31.0 Å². The van der Waals surface area contributed by atoms with Crippen molar-refractivity contribution in [3.8, 4) is 0 Å². The molecule has 0 aliphatic heterocycles. The van der Waals surface area contributed by atoms with Crippen molar-refractivity contribution in [1.82, 2.24) is 0 Å². The molecule has 0 amide bonds. The average molecular weight is 343 g/mol. The number of rotatable bonds is 7. The van der Waals surface area contributed by atoms with E-state index < -0.39 is 17.4 Å². The van der Waals surface area contributed by atoms with E-state index in [0.717, 1.165) is 10.9 Å². The number of esters is 1. The zero-order valence-electron chi connectivity index (χ0n) is 11.7. The van der Waals surface area contributed by atoms with Crippen molar-refractivity contribution in [2.24, 2.45) is 0 Å². The van der Waals surface area contributed by atoms with Gasteiger partial charge < -0.3 is 9.84 Å². The van der Waals surface area contributed by atoms with Gasteiger partial charge in [0.05, 0.1) is 6.61 Å². The molecule has 0 aliphatic carbocycles. The Morgan fingerprint density at radius 2 is 1.85 bits per heavy atom. The van der Waals surface area contributed by atoms with E-state index >= 15 is 0 Å². The van der Waals surface area contributed by atoms with Gasteiger partial charge in [-0.25, -0.2) is 0 Å². The Balaban J connectivity index is 3.31. The molecule has 1 aromatic rings. The Morgan fingerprint density at radius 3 is 2.30 bits per heavy atom. The van der Waals surface area contributed by atoms with E-state index in [-0.39, 0.29) is 13.0 Å². The highest BCUT2D eigenvalue weighted by atomic mass is 79.9. The molecule has 1 rings (SSSR count). The van der Waals surface area contributed by atoms with Crippen LogP contribution in [0.25, 0.3) is 0 Å². The average Bonchev–Trinajstić information content (AvgIpc) is 2.41. The lowest BCUT2D eigenvalue weighted by Crippen LogP contribution is -2.45. The van der Waals surface area contributed by atoms with Crippen molar-refractivity contribution in [3.05, 3.63) is 34.3 Å².